The van der Waals surface area contributed by atoms with Gasteiger partial charge in [0.15, 0.2) is 0 Å². The summed E-state index contributed by atoms with van der Waals surface area (Å²) >= 11 is 0. The van der Waals surface area contributed by atoms with E-state index in [2.05, 4.69) is 18.7 Å². The van der Waals surface area contributed by atoms with E-state index in [1.807, 2.05) is 0 Å². The first kappa shape index (κ1) is 14.3. The lowest BCUT2D eigenvalue weighted by atomic mass is 10.1. The lowest BCUT2D eigenvalue weighted by Crippen LogP contribution is -2.32. The normalized spacial score (nSPS) is 25.3. The number of likely N-dealkylation sites (tertiary alicyclic amines) is 1. The number of ether oxygens (including phenoxy) is 1. The minimum atomic E-state index is -0.494. The number of hydrogen-bond donors (Lipinski definition) is 1. The van der Waals surface area contributed by atoms with Gasteiger partial charge in [0.2, 0.25) is 0 Å². The number of rotatable bonds is 3. The van der Waals surface area contributed by atoms with E-state index < -0.39 is 6.10 Å². The van der Waals surface area contributed by atoms with Crippen LogP contribution in [-0.2, 0) is 0 Å². The highest BCUT2D eigenvalue weighted by Crippen LogP contribution is 2.21. The second-order valence-corrected chi connectivity index (χ2v) is 5.39. The van der Waals surface area contributed by atoms with E-state index in [9.17, 15) is 9.50 Å². The van der Waals surface area contributed by atoms with E-state index in [1.54, 1.807) is 12.1 Å². The molecule has 0 radical (unpaired) electrons. The molecule has 1 N–H and O–H groups in total. The van der Waals surface area contributed by atoms with E-state index >= 15 is 0 Å². The molecule has 19 heavy (non-hydrogen) atoms. The standard InChI is InChI=1S/C15H22FNO2/c1-11(2)17-8-6-14(18)15(7-9-17)19-13-5-3-4-12(16)10-13/h3-5,10-11,14-15,18H,6-9H2,1-2H3/t14-,15-/m0/s1. The molecule has 0 saturated carbocycles. The van der Waals surface area contributed by atoms with Gasteiger partial charge < -0.3 is 14.7 Å². The Morgan fingerprint density at radius 1 is 1.32 bits per heavy atom. The van der Waals surface area contributed by atoms with Gasteiger partial charge in [-0.1, -0.05) is 6.07 Å². The Kier molecular flexibility index (Phi) is 4.77. The number of benzene rings is 1. The summed E-state index contributed by atoms with van der Waals surface area (Å²) in [4.78, 5) is 2.33. The Balaban J connectivity index is 1.99. The van der Waals surface area contributed by atoms with Crippen molar-refractivity contribution in [1.82, 2.24) is 4.90 Å². The molecule has 0 spiro atoms. The summed E-state index contributed by atoms with van der Waals surface area (Å²) in [6.45, 7) is 6.08. The maximum absolute atomic E-state index is 13.1. The molecule has 0 amide bonds. The third-order valence-electron chi connectivity index (χ3n) is 3.66. The van der Waals surface area contributed by atoms with E-state index in [1.165, 1.54) is 12.1 Å². The molecule has 0 aliphatic carbocycles. The summed E-state index contributed by atoms with van der Waals surface area (Å²) in [6, 6.07) is 6.56. The average Bonchev–Trinajstić information content (AvgIpc) is 2.53. The second kappa shape index (κ2) is 6.35. The third kappa shape index (κ3) is 3.91. The lowest BCUT2D eigenvalue weighted by molar-refractivity contribution is 0.0348. The predicted molar refractivity (Wildman–Crippen MR) is 72.8 cm³/mol. The number of aliphatic hydroxyl groups is 1. The molecule has 2 rings (SSSR count). The molecule has 1 saturated heterocycles. The van der Waals surface area contributed by atoms with Gasteiger partial charge in [-0.2, -0.15) is 0 Å². The summed E-state index contributed by atoms with van der Waals surface area (Å²) in [5.74, 6) is 0.173. The Labute approximate surface area is 114 Å². The van der Waals surface area contributed by atoms with Crippen molar-refractivity contribution in [3.8, 4) is 5.75 Å². The average molecular weight is 267 g/mol. The number of nitrogens with zero attached hydrogens (tertiary/aromatic N) is 1. The smallest absolute Gasteiger partial charge is 0.126 e. The van der Waals surface area contributed by atoms with Crippen LogP contribution in [0.4, 0.5) is 4.39 Å². The molecule has 1 heterocycles. The summed E-state index contributed by atoms with van der Waals surface area (Å²) in [5, 5.41) is 10.1. The molecule has 1 aliphatic heterocycles. The van der Waals surface area contributed by atoms with Crippen LogP contribution < -0.4 is 4.74 Å². The first-order valence-electron chi connectivity index (χ1n) is 6.90. The Morgan fingerprint density at radius 2 is 2.05 bits per heavy atom. The predicted octanol–water partition coefficient (Wildman–Crippen LogP) is 2.44. The van der Waals surface area contributed by atoms with E-state index in [0.717, 1.165) is 19.5 Å². The van der Waals surface area contributed by atoms with Gasteiger partial charge in [-0.15, -0.1) is 0 Å². The Hall–Kier alpha value is -1.13. The zero-order chi connectivity index (χ0) is 13.8. The van der Waals surface area contributed by atoms with Crippen molar-refractivity contribution in [2.75, 3.05) is 13.1 Å². The van der Waals surface area contributed by atoms with Crippen LogP contribution in [0.25, 0.3) is 0 Å². The van der Waals surface area contributed by atoms with Crippen molar-refractivity contribution in [3.63, 3.8) is 0 Å². The van der Waals surface area contributed by atoms with Gasteiger partial charge in [0.05, 0.1) is 6.10 Å². The SMILES string of the molecule is CC(C)N1CC[C@H](Oc2cccc(F)c2)[C@@H](O)CC1. The Morgan fingerprint density at radius 3 is 2.74 bits per heavy atom. The van der Waals surface area contributed by atoms with Gasteiger partial charge in [-0.25, -0.2) is 4.39 Å². The van der Waals surface area contributed by atoms with Gasteiger partial charge in [0.1, 0.15) is 17.7 Å². The minimum absolute atomic E-state index is 0.259. The lowest BCUT2D eigenvalue weighted by Gasteiger charge is -2.24. The topological polar surface area (TPSA) is 32.7 Å². The second-order valence-electron chi connectivity index (χ2n) is 5.39. The zero-order valence-corrected chi connectivity index (χ0v) is 11.6. The van der Waals surface area contributed by atoms with Crippen LogP contribution in [0.3, 0.4) is 0 Å². The van der Waals surface area contributed by atoms with Crippen LogP contribution >= 0.6 is 0 Å². The van der Waals surface area contributed by atoms with Crippen LogP contribution in [0.2, 0.25) is 0 Å². The molecular formula is C15H22FNO2. The molecular weight excluding hydrogens is 245 g/mol. The van der Waals surface area contributed by atoms with Gasteiger partial charge in [0.25, 0.3) is 0 Å². The summed E-state index contributed by atoms with van der Waals surface area (Å²) in [6.07, 6.45) is 0.700. The fourth-order valence-corrected chi connectivity index (χ4v) is 2.45. The quantitative estimate of drug-likeness (QED) is 0.913. The van der Waals surface area contributed by atoms with Crippen LogP contribution in [-0.4, -0.2) is 41.3 Å². The monoisotopic (exact) mass is 267 g/mol. The summed E-state index contributed by atoms with van der Waals surface area (Å²) in [7, 11) is 0. The minimum Gasteiger partial charge on any atom is -0.488 e. The fraction of sp³-hybridized carbons (Fsp3) is 0.600. The molecule has 1 aliphatic rings. The molecule has 0 aromatic heterocycles. The molecule has 0 unspecified atom stereocenters. The molecule has 106 valence electrons. The van der Waals surface area contributed by atoms with E-state index in [4.69, 9.17) is 4.74 Å². The van der Waals surface area contributed by atoms with Gasteiger partial charge in [-0.3, -0.25) is 0 Å². The van der Waals surface area contributed by atoms with E-state index in [-0.39, 0.29) is 11.9 Å². The van der Waals surface area contributed by atoms with Crippen LogP contribution in [0.1, 0.15) is 26.7 Å². The number of hydrogen-bond acceptors (Lipinski definition) is 3. The first-order valence-corrected chi connectivity index (χ1v) is 6.90. The molecule has 3 nitrogen and oxygen atoms in total. The highest BCUT2D eigenvalue weighted by atomic mass is 19.1. The molecule has 1 aromatic rings. The molecule has 1 fully saturated rings. The van der Waals surface area contributed by atoms with Crippen molar-refractivity contribution in [3.05, 3.63) is 30.1 Å². The highest BCUT2D eigenvalue weighted by Gasteiger charge is 2.27. The van der Waals surface area contributed by atoms with Crippen molar-refractivity contribution in [2.45, 2.75) is 44.9 Å². The van der Waals surface area contributed by atoms with Crippen LogP contribution in [0, 0.1) is 5.82 Å². The maximum atomic E-state index is 13.1. The Bertz CT molecular complexity index is 411. The number of aliphatic hydroxyl groups excluding tert-OH is 1. The van der Waals surface area contributed by atoms with Crippen LogP contribution in [0.5, 0.6) is 5.75 Å². The molecule has 4 heteroatoms. The van der Waals surface area contributed by atoms with Crippen molar-refractivity contribution >= 4 is 0 Å². The third-order valence-corrected chi connectivity index (χ3v) is 3.66. The number of halogens is 1. The van der Waals surface area contributed by atoms with Crippen LogP contribution in [0.15, 0.2) is 24.3 Å². The summed E-state index contributed by atoms with van der Waals surface area (Å²) in [5.41, 5.74) is 0. The maximum Gasteiger partial charge on any atom is 0.126 e. The molecule has 2 atom stereocenters. The van der Waals surface area contributed by atoms with Gasteiger partial charge >= 0.3 is 0 Å². The fourth-order valence-electron chi connectivity index (χ4n) is 2.45. The zero-order valence-electron chi connectivity index (χ0n) is 11.6. The molecule has 1 aromatic carbocycles. The largest absolute Gasteiger partial charge is 0.488 e. The van der Waals surface area contributed by atoms with Gasteiger partial charge in [-0.05, 0) is 38.8 Å². The van der Waals surface area contributed by atoms with E-state index in [0.29, 0.717) is 18.2 Å². The molecule has 0 bridgehead atoms. The van der Waals surface area contributed by atoms with Crippen molar-refractivity contribution < 1.29 is 14.2 Å². The highest BCUT2D eigenvalue weighted by molar-refractivity contribution is 5.22. The first-order chi connectivity index (χ1) is 9.06. The van der Waals surface area contributed by atoms with Gasteiger partial charge in [0, 0.05) is 25.2 Å². The van der Waals surface area contributed by atoms with Crippen molar-refractivity contribution in [1.29, 1.82) is 0 Å². The van der Waals surface area contributed by atoms with Crippen molar-refractivity contribution in [2.24, 2.45) is 0 Å². The summed E-state index contributed by atoms with van der Waals surface area (Å²) < 4.78 is 18.9.